The van der Waals surface area contributed by atoms with Crippen LogP contribution in [0.4, 0.5) is 11.8 Å². The molecular weight excluding hydrogens is 204 g/mol. The molecule has 0 aliphatic heterocycles. The van der Waals surface area contributed by atoms with E-state index in [1.54, 1.807) is 13.3 Å². The lowest BCUT2D eigenvalue weighted by molar-refractivity contribution is 0.204. The molecule has 1 aromatic heterocycles. The highest BCUT2D eigenvalue weighted by Crippen LogP contribution is 2.12. The first-order chi connectivity index (χ1) is 7.63. The van der Waals surface area contributed by atoms with E-state index < -0.39 is 0 Å². The van der Waals surface area contributed by atoms with Gasteiger partial charge < -0.3 is 15.4 Å². The number of nitrogens with zero attached hydrogens (tertiary/aromatic N) is 3. The quantitative estimate of drug-likeness (QED) is 0.785. The Morgan fingerprint density at radius 3 is 2.81 bits per heavy atom. The number of nitrogen functional groups attached to an aromatic ring is 1. The van der Waals surface area contributed by atoms with Crippen LogP contribution in [-0.4, -0.2) is 36.8 Å². The molecular formula is C11H20N4O. The van der Waals surface area contributed by atoms with Crippen LogP contribution in [0, 0.1) is 5.92 Å². The monoisotopic (exact) mass is 224 g/mol. The zero-order valence-corrected chi connectivity index (χ0v) is 10.2. The highest BCUT2D eigenvalue weighted by Gasteiger charge is 2.09. The summed E-state index contributed by atoms with van der Waals surface area (Å²) in [6.07, 6.45) is 1.68. The zero-order valence-electron chi connectivity index (χ0n) is 10.2. The second-order valence-electron chi connectivity index (χ2n) is 4.11. The van der Waals surface area contributed by atoms with Crippen molar-refractivity contribution in [3.8, 4) is 0 Å². The van der Waals surface area contributed by atoms with Crippen molar-refractivity contribution in [3.05, 3.63) is 12.3 Å². The van der Waals surface area contributed by atoms with Crippen molar-refractivity contribution in [2.45, 2.75) is 13.8 Å². The fraction of sp³-hybridized carbons (Fsp3) is 0.636. The Bertz CT molecular complexity index is 317. The molecule has 0 bridgehead atoms. The Morgan fingerprint density at radius 2 is 2.25 bits per heavy atom. The van der Waals surface area contributed by atoms with Crippen molar-refractivity contribution in [1.29, 1.82) is 0 Å². The SMILES string of the molecule is COCCN(CC(C)C)c1ccnc(N)n1. The summed E-state index contributed by atoms with van der Waals surface area (Å²) >= 11 is 0. The topological polar surface area (TPSA) is 64.3 Å². The molecule has 1 heterocycles. The summed E-state index contributed by atoms with van der Waals surface area (Å²) < 4.78 is 5.09. The maximum atomic E-state index is 5.58. The van der Waals surface area contributed by atoms with Crippen molar-refractivity contribution in [1.82, 2.24) is 9.97 Å². The highest BCUT2D eigenvalue weighted by molar-refractivity contribution is 5.40. The second kappa shape index (κ2) is 6.27. The Balaban J connectivity index is 2.74. The van der Waals surface area contributed by atoms with Crippen molar-refractivity contribution >= 4 is 11.8 Å². The normalized spacial score (nSPS) is 10.8. The van der Waals surface area contributed by atoms with Gasteiger partial charge in [0.25, 0.3) is 0 Å². The largest absolute Gasteiger partial charge is 0.383 e. The first kappa shape index (κ1) is 12.7. The second-order valence-corrected chi connectivity index (χ2v) is 4.11. The summed E-state index contributed by atoms with van der Waals surface area (Å²) in [7, 11) is 1.70. The lowest BCUT2D eigenvalue weighted by Gasteiger charge is -2.25. The highest BCUT2D eigenvalue weighted by atomic mass is 16.5. The molecule has 0 radical (unpaired) electrons. The van der Waals surface area contributed by atoms with Gasteiger partial charge in [-0.2, -0.15) is 4.98 Å². The standard InChI is InChI=1S/C11H20N4O/c1-9(2)8-15(6-7-16-3)10-4-5-13-11(12)14-10/h4-5,9H,6-8H2,1-3H3,(H2,12,13,14). The molecule has 0 unspecified atom stereocenters. The minimum atomic E-state index is 0.309. The van der Waals surface area contributed by atoms with Gasteiger partial charge in [0.05, 0.1) is 6.61 Å². The third kappa shape index (κ3) is 4.02. The van der Waals surface area contributed by atoms with E-state index in [0.29, 0.717) is 18.5 Å². The van der Waals surface area contributed by atoms with E-state index in [-0.39, 0.29) is 0 Å². The molecule has 1 rings (SSSR count). The fourth-order valence-electron chi connectivity index (χ4n) is 1.48. The van der Waals surface area contributed by atoms with Gasteiger partial charge in [-0.15, -0.1) is 0 Å². The molecule has 5 nitrogen and oxygen atoms in total. The summed E-state index contributed by atoms with van der Waals surface area (Å²) in [6.45, 7) is 6.76. The van der Waals surface area contributed by atoms with Crippen molar-refractivity contribution in [2.24, 2.45) is 5.92 Å². The zero-order chi connectivity index (χ0) is 12.0. The molecule has 90 valence electrons. The molecule has 0 aliphatic carbocycles. The first-order valence-electron chi connectivity index (χ1n) is 5.46. The predicted molar refractivity (Wildman–Crippen MR) is 65.4 cm³/mol. The van der Waals surface area contributed by atoms with Crippen LogP contribution in [0.3, 0.4) is 0 Å². The van der Waals surface area contributed by atoms with E-state index in [1.165, 1.54) is 0 Å². The van der Waals surface area contributed by atoms with Crippen LogP contribution in [-0.2, 0) is 4.74 Å². The van der Waals surface area contributed by atoms with Crippen molar-refractivity contribution in [2.75, 3.05) is 37.4 Å². The number of nitrogens with two attached hydrogens (primary N) is 1. The number of anilines is 2. The summed E-state index contributed by atoms with van der Waals surface area (Å²) in [5.74, 6) is 1.73. The Kier molecular flexibility index (Phi) is 4.98. The summed E-state index contributed by atoms with van der Waals surface area (Å²) in [5.41, 5.74) is 5.58. The lowest BCUT2D eigenvalue weighted by atomic mass is 10.2. The molecule has 0 aliphatic rings. The van der Waals surface area contributed by atoms with Gasteiger partial charge in [-0.25, -0.2) is 4.98 Å². The molecule has 0 amide bonds. The summed E-state index contributed by atoms with van der Waals surface area (Å²) in [4.78, 5) is 10.3. The van der Waals surface area contributed by atoms with Crippen LogP contribution >= 0.6 is 0 Å². The molecule has 0 atom stereocenters. The smallest absolute Gasteiger partial charge is 0.221 e. The molecule has 1 aromatic rings. The Labute approximate surface area is 96.6 Å². The van der Waals surface area contributed by atoms with Crippen LogP contribution in [0.5, 0.6) is 0 Å². The third-order valence-electron chi connectivity index (χ3n) is 2.13. The summed E-state index contributed by atoms with van der Waals surface area (Å²) in [6, 6.07) is 1.87. The van der Waals surface area contributed by atoms with Crippen LogP contribution in [0.2, 0.25) is 0 Å². The minimum Gasteiger partial charge on any atom is -0.383 e. The molecule has 0 saturated heterocycles. The van der Waals surface area contributed by atoms with Gasteiger partial charge in [0.2, 0.25) is 5.95 Å². The Morgan fingerprint density at radius 1 is 1.50 bits per heavy atom. The van der Waals surface area contributed by atoms with Crippen LogP contribution < -0.4 is 10.6 Å². The average Bonchev–Trinajstić information content (AvgIpc) is 2.23. The van der Waals surface area contributed by atoms with E-state index in [4.69, 9.17) is 10.5 Å². The maximum absolute atomic E-state index is 5.58. The molecule has 0 aromatic carbocycles. The first-order valence-corrected chi connectivity index (χ1v) is 5.46. The number of rotatable bonds is 6. The van der Waals surface area contributed by atoms with Gasteiger partial charge in [-0.3, -0.25) is 0 Å². The number of methoxy groups -OCH3 is 1. The summed E-state index contributed by atoms with van der Waals surface area (Å²) in [5, 5.41) is 0. The van der Waals surface area contributed by atoms with Gasteiger partial charge in [0.15, 0.2) is 0 Å². The maximum Gasteiger partial charge on any atom is 0.221 e. The number of ether oxygens (including phenoxy) is 1. The fourth-order valence-corrected chi connectivity index (χ4v) is 1.48. The number of hydrogen-bond donors (Lipinski definition) is 1. The minimum absolute atomic E-state index is 0.309. The Hall–Kier alpha value is -1.36. The molecule has 16 heavy (non-hydrogen) atoms. The van der Waals surface area contributed by atoms with Crippen molar-refractivity contribution in [3.63, 3.8) is 0 Å². The van der Waals surface area contributed by atoms with Crippen LogP contribution in [0.25, 0.3) is 0 Å². The van der Waals surface area contributed by atoms with E-state index in [2.05, 4.69) is 28.7 Å². The van der Waals surface area contributed by atoms with E-state index in [9.17, 15) is 0 Å². The van der Waals surface area contributed by atoms with Crippen LogP contribution in [0.1, 0.15) is 13.8 Å². The number of aromatic nitrogens is 2. The van der Waals surface area contributed by atoms with E-state index in [1.807, 2.05) is 6.07 Å². The molecule has 0 spiro atoms. The van der Waals surface area contributed by atoms with Crippen molar-refractivity contribution < 1.29 is 4.74 Å². The van der Waals surface area contributed by atoms with E-state index >= 15 is 0 Å². The predicted octanol–water partition coefficient (Wildman–Crippen LogP) is 1.17. The molecule has 0 saturated carbocycles. The van der Waals surface area contributed by atoms with E-state index in [0.717, 1.165) is 18.9 Å². The van der Waals surface area contributed by atoms with Gasteiger partial charge in [0.1, 0.15) is 5.82 Å². The lowest BCUT2D eigenvalue weighted by Crippen LogP contribution is -2.31. The van der Waals surface area contributed by atoms with Gasteiger partial charge in [-0.05, 0) is 12.0 Å². The van der Waals surface area contributed by atoms with Crippen LogP contribution in [0.15, 0.2) is 12.3 Å². The third-order valence-corrected chi connectivity index (χ3v) is 2.13. The molecule has 0 fully saturated rings. The van der Waals surface area contributed by atoms with Gasteiger partial charge in [-0.1, -0.05) is 13.8 Å². The van der Waals surface area contributed by atoms with Gasteiger partial charge in [0, 0.05) is 26.4 Å². The van der Waals surface area contributed by atoms with Gasteiger partial charge >= 0.3 is 0 Å². The molecule has 2 N–H and O–H groups in total. The molecule has 5 heteroatoms. The number of hydrogen-bond acceptors (Lipinski definition) is 5. The average molecular weight is 224 g/mol.